The Morgan fingerprint density at radius 3 is 2.58 bits per heavy atom. The zero-order valence-electron chi connectivity index (χ0n) is 21.1. The number of aliphatic hydroxyl groups excluding tert-OH is 3. The maximum atomic E-state index is 12.8. The summed E-state index contributed by atoms with van der Waals surface area (Å²) in [7, 11) is 1.17. The number of hydrogen-bond acceptors (Lipinski definition) is 9. The van der Waals surface area contributed by atoms with E-state index in [1.54, 1.807) is 30.6 Å². The molecule has 5 N–H and O–H groups in total. The largest absolute Gasteiger partial charge is 0.460 e. The van der Waals surface area contributed by atoms with Gasteiger partial charge in [-0.25, -0.2) is 0 Å². The first kappa shape index (κ1) is 29.4. The number of hydrogen-bond donors (Lipinski definition) is 5. The van der Waals surface area contributed by atoms with Crippen LogP contribution in [0.2, 0.25) is 0 Å². The average Bonchev–Trinajstić information content (AvgIpc) is 2.98. The third kappa shape index (κ3) is 9.30. The maximum absolute atomic E-state index is 12.8. The lowest BCUT2D eigenvalue weighted by atomic mass is 9.94. The molecule has 1 aromatic rings. The van der Waals surface area contributed by atoms with Crippen LogP contribution in [-0.2, 0) is 30.3 Å². The Balaban J connectivity index is 1.92. The fourth-order valence-electron chi connectivity index (χ4n) is 3.60. The second-order valence-electron chi connectivity index (χ2n) is 9.89. The van der Waals surface area contributed by atoms with Gasteiger partial charge >= 0.3 is 5.97 Å². The zero-order valence-corrected chi connectivity index (χ0v) is 21.1. The molecule has 0 radical (unpaired) electrons. The molecule has 200 valence electrons. The number of esters is 1. The molecule has 0 bridgehead atoms. The number of nitrogens with one attached hydrogen (secondary N) is 2. The number of ether oxygens (including phenoxy) is 2. The van der Waals surface area contributed by atoms with E-state index >= 15 is 0 Å². The molecular weight excluding hydrogens is 470 g/mol. The van der Waals surface area contributed by atoms with Gasteiger partial charge in [0.1, 0.15) is 30.5 Å². The van der Waals surface area contributed by atoms with Crippen molar-refractivity contribution in [3.8, 4) is 0 Å². The Labute approximate surface area is 210 Å². The molecule has 11 heteroatoms. The molecule has 0 saturated carbocycles. The van der Waals surface area contributed by atoms with Crippen LogP contribution in [0.15, 0.2) is 36.7 Å². The molecule has 1 aliphatic heterocycles. The van der Waals surface area contributed by atoms with E-state index in [9.17, 15) is 29.7 Å². The van der Waals surface area contributed by atoms with Crippen LogP contribution in [0.25, 0.3) is 0 Å². The Morgan fingerprint density at radius 2 is 1.97 bits per heavy atom. The quantitative estimate of drug-likeness (QED) is 0.210. The van der Waals surface area contributed by atoms with Crippen molar-refractivity contribution in [1.82, 2.24) is 15.6 Å². The molecule has 1 saturated heterocycles. The molecule has 0 spiro atoms. The molecule has 1 aliphatic rings. The van der Waals surface area contributed by atoms with Crippen LogP contribution in [0.4, 0.5) is 0 Å². The standard InChI is InChI=1S/C25H37N3O8/c1-25(2,3)10-9-18(29)20(31)21(32)22(35-4)24(34)28-17-8-7-16(14-27-23(17)33)36-19(30)12-15-6-5-11-26-13-15/h5-6,9-11,13,16-18,20-22,29,31-32H,7-8,12,14H2,1-4H3,(H,27,33)(H,28,34)/b10-9+/t16-,17?,18-,20+,21-,22-/m1/s1. The van der Waals surface area contributed by atoms with Crippen molar-refractivity contribution < 1.29 is 39.2 Å². The molecule has 11 nitrogen and oxygen atoms in total. The van der Waals surface area contributed by atoms with Gasteiger partial charge in [-0.1, -0.05) is 39.0 Å². The predicted molar refractivity (Wildman–Crippen MR) is 129 cm³/mol. The van der Waals surface area contributed by atoms with E-state index in [1.165, 1.54) is 13.2 Å². The molecule has 2 rings (SSSR count). The molecule has 36 heavy (non-hydrogen) atoms. The fourth-order valence-corrected chi connectivity index (χ4v) is 3.60. The Hall–Kier alpha value is -2.86. The first-order valence-corrected chi connectivity index (χ1v) is 11.8. The van der Waals surface area contributed by atoms with Crippen molar-refractivity contribution in [2.75, 3.05) is 13.7 Å². The van der Waals surface area contributed by atoms with Gasteiger partial charge in [-0.2, -0.15) is 0 Å². The number of carbonyl (C=O) groups excluding carboxylic acids is 3. The van der Waals surface area contributed by atoms with E-state index in [0.29, 0.717) is 12.0 Å². The third-order valence-electron chi connectivity index (χ3n) is 5.60. The molecule has 2 heterocycles. The lowest BCUT2D eigenvalue weighted by molar-refractivity contribution is -0.151. The van der Waals surface area contributed by atoms with E-state index in [1.807, 2.05) is 20.8 Å². The van der Waals surface area contributed by atoms with Crippen molar-refractivity contribution >= 4 is 17.8 Å². The molecule has 0 aromatic carbocycles. The summed E-state index contributed by atoms with van der Waals surface area (Å²) in [4.78, 5) is 41.5. The molecule has 1 unspecified atom stereocenters. The van der Waals surface area contributed by atoms with Gasteiger partial charge in [0.2, 0.25) is 5.91 Å². The highest BCUT2D eigenvalue weighted by Gasteiger charge is 2.37. The first-order valence-electron chi connectivity index (χ1n) is 11.8. The number of amides is 2. The highest BCUT2D eigenvalue weighted by Crippen LogP contribution is 2.17. The minimum atomic E-state index is -1.76. The second-order valence-corrected chi connectivity index (χ2v) is 9.89. The summed E-state index contributed by atoms with van der Waals surface area (Å²) in [5, 5.41) is 36.1. The Kier molecular flexibility index (Phi) is 11.0. The van der Waals surface area contributed by atoms with Gasteiger partial charge in [0.05, 0.1) is 13.0 Å². The number of rotatable bonds is 10. The minimum absolute atomic E-state index is 0.0466. The number of pyridine rings is 1. The van der Waals surface area contributed by atoms with Crippen LogP contribution < -0.4 is 10.6 Å². The van der Waals surface area contributed by atoms with Gasteiger partial charge in [-0.15, -0.1) is 0 Å². The van der Waals surface area contributed by atoms with Crippen molar-refractivity contribution in [3.05, 3.63) is 42.2 Å². The monoisotopic (exact) mass is 507 g/mol. The molecule has 2 amide bonds. The SMILES string of the molecule is CO[C@@H](C(=O)NC1CC[C@@H](OC(=O)Cc2cccnc2)CNC1=O)[C@H](O)[C@@H](O)[C@H](O)/C=C/C(C)(C)C. The number of nitrogens with zero attached hydrogens (tertiary/aromatic N) is 1. The fraction of sp³-hybridized carbons (Fsp3) is 0.600. The van der Waals surface area contributed by atoms with E-state index in [2.05, 4.69) is 15.6 Å². The summed E-state index contributed by atoms with van der Waals surface area (Å²) >= 11 is 0. The summed E-state index contributed by atoms with van der Waals surface area (Å²) in [5.74, 6) is -1.77. The van der Waals surface area contributed by atoms with Crippen molar-refractivity contribution in [2.45, 2.75) is 76.6 Å². The normalized spacial score (nSPS) is 22.1. The van der Waals surface area contributed by atoms with E-state index in [0.717, 1.165) is 0 Å². The van der Waals surface area contributed by atoms with Crippen LogP contribution in [0.3, 0.4) is 0 Å². The maximum Gasteiger partial charge on any atom is 0.310 e. The number of aromatic nitrogens is 1. The molecule has 6 atom stereocenters. The Bertz CT molecular complexity index is 902. The first-order chi connectivity index (χ1) is 16.9. The molecule has 1 aromatic heterocycles. The van der Waals surface area contributed by atoms with Crippen LogP contribution in [0, 0.1) is 5.41 Å². The number of methoxy groups -OCH3 is 1. The Morgan fingerprint density at radius 1 is 1.25 bits per heavy atom. The highest BCUT2D eigenvalue weighted by molar-refractivity contribution is 5.89. The van der Waals surface area contributed by atoms with Crippen LogP contribution in [0.5, 0.6) is 0 Å². The highest BCUT2D eigenvalue weighted by atomic mass is 16.5. The van der Waals surface area contributed by atoms with Crippen molar-refractivity contribution in [2.24, 2.45) is 5.41 Å². The molecule has 0 aliphatic carbocycles. The minimum Gasteiger partial charge on any atom is -0.460 e. The van der Waals surface area contributed by atoms with Gasteiger partial charge in [0, 0.05) is 19.5 Å². The van der Waals surface area contributed by atoms with Crippen molar-refractivity contribution in [3.63, 3.8) is 0 Å². The lowest BCUT2D eigenvalue weighted by Crippen LogP contribution is -2.55. The summed E-state index contributed by atoms with van der Waals surface area (Å²) < 4.78 is 10.5. The summed E-state index contributed by atoms with van der Waals surface area (Å²) in [6.45, 7) is 5.78. The second kappa shape index (κ2) is 13.4. The third-order valence-corrected chi connectivity index (χ3v) is 5.60. The lowest BCUT2D eigenvalue weighted by Gasteiger charge is -2.28. The topological polar surface area (TPSA) is 167 Å². The zero-order chi connectivity index (χ0) is 26.9. The van der Waals surface area contributed by atoms with Crippen LogP contribution >= 0.6 is 0 Å². The van der Waals surface area contributed by atoms with Crippen LogP contribution in [-0.4, -0.2) is 88.3 Å². The summed E-state index contributed by atoms with van der Waals surface area (Å²) in [5.41, 5.74) is 0.442. The summed E-state index contributed by atoms with van der Waals surface area (Å²) in [6, 6.07) is 2.51. The van der Waals surface area contributed by atoms with E-state index < -0.39 is 54.3 Å². The number of carbonyl (C=O) groups is 3. The van der Waals surface area contributed by atoms with E-state index in [-0.39, 0.29) is 24.8 Å². The van der Waals surface area contributed by atoms with Gasteiger partial charge in [0.25, 0.3) is 5.91 Å². The summed E-state index contributed by atoms with van der Waals surface area (Å²) in [6.07, 6.45) is -0.302. The van der Waals surface area contributed by atoms with Crippen molar-refractivity contribution in [1.29, 1.82) is 0 Å². The smallest absolute Gasteiger partial charge is 0.310 e. The van der Waals surface area contributed by atoms with Gasteiger partial charge in [-0.3, -0.25) is 19.4 Å². The number of aliphatic hydroxyl groups is 3. The molecular formula is C25H37N3O8. The van der Waals surface area contributed by atoms with Gasteiger partial charge in [0.15, 0.2) is 6.10 Å². The van der Waals surface area contributed by atoms with Crippen LogP contribution in [0.1, 0.15) is 39.2 Å². The van der Waals surface area contributed by atoms with Gasteiger partial charge < -0.3 is 35.4 Å². The average molecular weight is 508 g/mol. The number of allylic oxidation sites excluding steroid dienone is 1. The van der Waals surface area contributed by atoms with E-state index in [4.69, 9.17) is 9.47 Å². The van der Waals surface area contributed by atoms with Gasteiger partial charge in [-0.05, 0) is 29.9 Å². The predicted octanol–water partition coefficient (Wildman–Crippen LogP) is -0.369. The molecule has 1 fully saturated rings.